The van der Waals surface area contributed by atoms with E-state index in [1.807, 2.05) is 6.07 Å². The Bertz CT molecular complexity index is 780. The quantitative estimate of drug-likeness (QED) is 0.751. The van der Waals surface area contributed by atoms with Gasteiger partial charge in [0, 0.05) is 10.9 Å². The molecule has 20 heavy (non-hydrogen) atoms. The normalized spacial score (nSPS) is 11.7. The van der Waals surface area contributed by atoms with Crippen molar-refractivity contribution in [1.29, 1.82) is 0 Å². The first-order valence-electron chi connectivity index (χ1n) is 6.83. The van der Waals surface area contributed by atoms with Crippen LogP contribution in [-0.2, 0) is 0 Å². The molecule has 0 aliphatic carbocycles. The maximum atomic E-state index is 6.23. The molecule has 0 atom stereocenters. The monoisotopic (exact) mass is 285 g/mol. The smallest absolute Gasteiger partial charge is 0.144 e. The molecule has 2 heterocycles. The van der Waals surface area contributed by atoms with Crippen molar-refractivity contribution in [3.05, 3.63) is 34.7 Å². The Kier molecular flexibility index (Phi) is 3.05. The molecule has 2 N–H and O–H groups in total. The number of thiophene rings is 1. The highest BCUT2D eigenvalue weighted by atomic mass is 32.1. The van der Waals surface area contributed by atoms with Crippen LogP contribution in [-0.4, -0.2) is 9.55 Å². The van der Waals surface area contributed by atoms with E-state index < -0.39 is 0 Å². The first-order valence-corrected chi connectivity index (χ1v) is 7.65. The summed E-state index contributed by atoms with van der Waals surface area (Å²) in [5, 5.41) is 0.859. The Morgan fingerprint density at radius 1 is 1.20 bits per heavy atom. The summed E-state index contributed by atoms with van der Waals surface area (Å²) in [5.74, 6) is 0.987. The van der Waals surface area contributed by atoms with Gasteiger partial charge in [-0.3, -0.25) is 0 Å². The molecule has 0 amide bonds. The van der Waals surface area contributed by atoms with Gasteiger partial charge in [0.2, 0.25) is 0 Å². The van der Waals surface area contributed by atoms with E-state index in [0.29, 0.717) is 6.04 Å². The van der Waals surface area contributed by atoms with Crippen molar-refractivity contribution in [3.8, 4) is 11.4 Å². The summed E-state index contributed by atoms with van der Waals surface area (Å²) >= 11 is 1.65. The van der Waals surface area contributed by atoms with Gasteiger partial charge in [0.05, 0.1) is 21.6 Å². The fraction of sp³-hybridized carbons (Fsp3) is 0.312. The van der Waals surface area contributed by atoms with Gasteiger partial charge >= 0.3 is 0 Å². The largest absolute Gasteiger partial charge is 0.390 e. The molecule has 104 valence electrons. The number of hydrogen-bond acceptors (Lipinski definition) is 3. The van der Waals surface area contributed by atoms with Crippen LogP contribution in [0.15, 0.2) is 24.3 Å². The number of nitrogens with zero attached hydrogens (tertiary/aromatic N) is 2. The van der Waals surface area contributed by atoms with Crippen LogP contribution in [0.2, 0.25) is 0 Å². The SMILES string of the molecule is Cc1sc(N)c(-c2nc3ccccc3n2C(C)C)c1C. The molecule has 0 aliphatic heterocycles. The zero-order valence-corrected chi connectivity index (χ0v) is 13.1. The Hall–Kier alpha value is -1.81. The highest BCUT2D eigenvalue weighted by molar-refractivity contribution is 7.16. The van der Waals surface area contributed by atoms with Gasteiger partial charge in [-0.2, -0.15) is 0 Å². The summed E-state index contributed by atoms with van der Waals surface area (Å²) in [6.45, 7) is 8.61. The first-order chi connectivity index (χ1) is 9.50. The summed E-state index contributed by atoms with van der Waals surface area (Å²) in [5.41, 5.74) is 10.8. The van der Waals surface area contributed by atoms with E-state index >= 15 is 0 Å². The highest BCUT2D eigenvalue weighted by Gasteiger charge is 2.20. The van der Waals surface area contributed by atoms with Crippen LogP contribution in [0.25, 0.3) is 22.4 Å². The molecule has 0 saturated heterocycles. The molecule has 0 bridgehead atoms. The van der Waals surface area contributed by atoms with E-state index in [1.54, 1.807) is 11.3 Å². The third-order valence-corrected chi connectivity index (χ3v) is 4.78. The average Bonchev–Trinajstić information content (AvgIpc) is 2.87. The number of para-hydroxylation sites is 2. The number of imidazole rings is 1. The van der Waals surface area contributed by atoms with Gasteiger partial charge in [-0.15, -0.1) is 11.3 Å². The van der Waals surface area contributed by atoms with E-state index in [9.17, 15) is 0 Å². The molecule has 2 aromatic heterocycles. The van der Waals surface area contributed by atoms with Crippen LogP contribution < -0.4 is 5.73 Å². The number of rotatable bonds is 2. The molecule has 3 rings (SSSR count). The summed E-state index contributed by atoms with van der Waals surface area (Å²) in [7, 11) is 0. The third-order valence-electron chi connectivity index (χ3n) is 3.75. The van der Waals surface area contributed by atoms with Gasteiger partial charge in [0.15, 0.2) is 0 Å². The minimum absolute atomic E-state index is 0.344. The van der Waals surface area contributed by atoms with Gasteiger partial charge in [0.25, 0.3) is 0 Å². The van der Waals surface area contributed by atoms with Crippen LogP contribution in [0.5, 0.6) is 0 Å². The maximum Gasteiger partial charge on any atom is 0.144 e. The third kappa shape index (κ3) is 1.83. The predicted molar refractivity (Wildman–Crippen MR) is 87.3 cm³/mol. The van der Waals surface area contributed by atoms with Crippen LogP contribution in [0.1, 0.15) is 30.3 Å². The second kappa shape index (κ2) is 4.63. The Balaban J connectivity index is 2.39. The lowest BCUT2D eigenvalue weighted by atomic mass is 10.1. The van der Waals surface area contributed by atoms with E-state index in [2.05, 4.69) is 50.5 Å². The van der Waals surface area contributed by atoms with Crippen LogP contribution >= 0.6 is 11.3 Å². The Labute approximate surface area is 123 Å². The van der Waals surface area contributed by atoms with Crippen molar-refractivity contribution in [2.75, 3.05) is 5.73 Å². The fourth-order valence-corrected chi connectivity index (χ4v) is 3.61. The topological polar surface area (TPSA) is 43.8 Å². The average molecular weight is 285 g/mol. The molecule has 0 saturated carbocycles. The van der Waals surface area contributed by atoms with Crippen molar-refractivity contribution >= 4 is 27.4 Å². The fourth-order valence-electron chi connectivity index (χ4n) is 2.67. The molecule has 0 unspecified atom stereocenters. The van der Waals surface area contributed by atoms with Crippen molar-refractivity contribution in [2.45, 2.75) is 33.7 Å². The molecular weight excluding hydrogens is 266 g/mol. The lowest BCUT2D eigenvalue weighted by Crippen LogP contribution is -2.04. The number of aromatic nitrogens is 2. The maximum absolute atomic E-state index is 6.23. The Morgan fingerprint density at radius 3 is 2.50 bits per heavy atom. The molecule has 3 nitrogen and oxygen atoms in total. The lowest BCUT2D eigenvalue weighted by Gasteiger charge is -2.13. The molecule has 0 radical (unpaired) electrons. The van der Waals surface area contributed by atoms with Gasteiger partial charge < -0.3 is 10.3 Å². The second-order valence-electron chi connectivity index (χ2n) is 5.41. The van der Waals surface area contributed by atoms with E-state index in [0.717, 1.165) is 21.9 Å². The molecule has 0 aliphatic rings. The van der Waals surface area contributed by atoms with E-state index in [4.69, 9.17) is 10.7 Å². The van der Waals surface area contributed by atoms with E-state index in [1.165, 1.54) is 16.0 Å². The predicted octanol–water partition coefficient (Wildman–Crippen LogP) is 4.54. The molecular formula is C16H19N3S. The summed E-state index contributed by atoms with van der Waals surface area (Å²) in [6.07, 6.45) is 0. The number of aryl methyl sites for hydroxylation is 1. The summed E-state index contributed by atoms with van der Waals surface area (Å²) < 4.78 is 2.28. The Morgan fingerprint density at radius 2 is 1.90 bits per heavy atom. The summed E-state index contributed by atoms with van der Waals surface area (Å²) in [6, 6.07) is 8.61. The molecule has 1 aromatic carbocycles. The zero-order valence-electron chi connectivity index (χ0n) is 12.3. The number of nitrogen functional groups attached to an aromatic ring is 1. The number of anilines is 1. The molecule has 4 heteroatoms. The number of fused-ring (bicyclic) bond motifs is 1. The van der Waals surface area contributed by atoms with Crippen molar-refractivity contribution in [3.63, 3.8) is 0 Å². The summed E-state index contributed by atoms with van der Waals surface area (Å²) in [4.78, 5) is 6.09. The van der Waals surface area contributed by atoms with Crippen LogP contribution in [0, 0.1) is 13.8 Å². The minimum Gasteiger partial charge on any atom is -0.390 e. The van der Waals surface area contributed by atoms with Gasteiger partial charge in [0.1, 0.15) is 5.82 Å². The first kappa shape index (κ1) is 13.2. The zero-order chi connectivity index (χ0) is 14.4. The molecule has 3 aromatic rings. The van der Waals surface area contributed by atoms with Gasteiger partial charge in [-0.05, 0) is 45.4 Å². The van der Waals surface area contributed by atoms with Crippen molar-refractivity contribution in [1.82, 2.24) is 9.55 Å². The second-order valence-corrected chi connectivity index (χ2v) is 6.67. The molecule has 0 spiro atoms. The highest BCUT2D eigenvalue weighted by Crippen LogP contribution is 2.39. The number of benzene rings is 1. The van der Waals surface area contributed by atoms with Crippen molar-refractivity contribution in [2.24, 2.45) is 0 Å². The number of nitrogens with two attached hydrogens (primary N) is 1. The minimum atomic E-state index is 0.344. The van der Waals surface area contributed by atoms with Crippen LogP contribution in [0.3, 0.4) is 0 Å². The number of hydrogen-bond donors (Lipinski definition) is 1. The van der Waals surface area contributed by atoms with E-state index in [-0.39, 0.29) is 0 Å². The lowest BCUT2D eigenvalue weighted by molar-refractivity contribution is 0.624. The van der Waals surface area contributed by atoms with Gasteiger partial charge in [-0.1, -0.05) is 12.1 Å². The standard InChI is InChI=1S/C16H19N3S/c1-9(2)19-13-8-6-5-7-12(13)18-16(19)14-10(3)11(4)20-15(14)17/h5-9H,17H2,1-4H3. The van der Waals surface area contributed by atoms with Crippen molar-refractivity contribution < 1.29 is 0 Å². The van der Waals surface area contributed by atoms with Gasteiger partial charge in [-0.25, -0.2) is 4.98 Å². The molecule has 0 fully saturated rings. The van der Waals surface area contributed by atoms with Crippen LogP contribution in [0.4, 0.5) is 5.00 Å².